The first-order valence-electron chi connectivity index (χ1n) is 7.95. The van der Waals surface area contributed by atoms with Gasteiger partial charge in [-0.1, -0.05) is 12.1 Å². The average Bonchev–Trinajstić information content (AvgIpc) is 2.61. The van der Waals surface area contributed by atoms with Crippen molar-refractivity contribution in [3.05, 3.63) is 59.9 Å². The Morgan fingerprint density at radius 1 is 0.960 bits per heavy atom. The highest BCUT2D eigenvalue weighted by Gasteiger charge is 2.23. The predicted octanol–water partition coefficient (Wildman–Crippen LogP) is 2.19. The van der Waals surface area contributed by atoms with Gasteiger partial charge in [-0.15, -0.1) is 0 Å². The lowest BCUT2D eigenvalue weighted by Gasteiger charge is -2.36. The zero-order valence-corrected chi connectivity index (χ0v) is 14.7. The molecule has 2 aromatic carbocycles. The summed E-state index contributed by atoms with van der Waals surface area (Å²) in [5.41, 5.74) is 0.999. The predicted molar refractivity (Wildman–Crippen MR) is 94.1 cm³/mol. The fourth-order valence-electron chi connectivity index (χ4n) is 2.89. The molecule has 0 bridgehead atoms. The Morgan fingerprint density at radius 2 is 1.56 bits per heavy atom. The standard InChI is InChI=1S/C18H19FN2O3S/c1-25(23,24)15-8-6-14(7-9-15)18(22)21-12-10-20(11-13-21)17-5-3-2-4-16(17)19/h2-9H,10-13H2,1H3. The molecule has 132 valence electrons. The van der Waals surface area contributed by atoms with Crippen molar-refractivity contribution in [2.45, 2.75) is 4.90 Å². The molecule has 0 spiro atoms. The van der Waals surface area contributed by atoms with Gasteiger partial charge < -0.3 is 9.80 Å². The molecule has 0 N–H and O–H groups in total. The highest BCUT2D eigenvalue weighted by atomic mass is 32.2. The fourth-order valence-corrected chi connectivity index (χ4v) is 3.52. The first-order chi connectivity index (χ1) is 11.9. The van der Waals surface area contributed by atoms with Crippen LogP contribution in [0.15, 0.2) is 53.4 Å². The summed E-state index contributed by atoms with van der Waals surface area (Å²) in [5.74, 6) is -0.410. The molecular formula is C18H19FN2O3S. The molecule has 3 rings (SSSR count). The Balaban J connectivity index is 1.67. The van der Waals surface area contributed by atoms with E-state index in [1.54, 1.807) is 23.1 Å². The Bertz CT molecular complexity index is 873. The Hall–Kier alpha value is -2.41. The highest BCUT2D eigenvalue weighted by molar-refractivity contribution is 7.90. The molecule has 1 aliphatic heterocycles. The van der Waals surface area contributed by atoms with E-state index in [1.807, 2.05) is 4.90 Å². The Kier molecular flexibility index (Phi) is 4.76. The second-order valence-electron chi connectivity index (χ2n) is 6.03. The zero-order valence-electron chi connectivity index (χ0n) is 13.9. The number of benzene rings is 2. The van der Waals surface area contributed by atoms with Gasteiger partial charge in [0.15, 0.2) is 9.84 Å². The smallest absolute Gasteiger partial charge is 0.253 e. The minimum Gasteiger partial charge on any atom is -0.366 e. The van der Waals surface area contributed by atoms with Gasteiger partial charge in [0, 0.05) is 38.0 Å². The van der Waals surface area contributed by atoms with E-state index in [4.69, 9.17) is 0 Å². The van der Waals surface area contributed by atoms with E-state index in [-0.39, 0.29) is 16.6 Å². The van der Waals surface area contributed by atoms with E-state index in [0.29, 0.717) is 37.4 Å². The van der Waals surface area contributed by atoms with Crippen LogP contribution in [0.2, 0.25) is 0 Å². The van der Waals surface area contributed by atoms with Crippen LogP contribution in [-0.2, 0) is 9.84 Å². The molecule has 1 heterocycles. The lowest BCUT2D eigenvalue weighted by molar-refractivity contribution is 0.0746. The van der Waals surface area contributed by atoms with Gasteiger partial charge in [-0.05, 0) is 36.4 Å². The summed E-state index contributed by atoms with van der Waals surface area (Å²) in [6.07, 6.45) is 1.13. The summed E-state index contributed by atoms with van der Waals surface area (Å²) in [5, 5.41) is 0. The number of rotatable bonds is 3. The minimum absolute atomic E-state index is 0.145. The third-order valence-electron chi connectivity index (χ3n) is 4.29. The van der Waals surface area contributed by atoms with Crippen molar-refractivity contribution in [2.75, 3.05) is 37.3 Å². The number of amides is 1. The zero-order chi connectivity index (χ0) is 18.0. The lowest BCUT2D eigenvalue weighted by Crippen LogP contribution is -2.49. The molecule has 1 amide bonds. The topological polar surface area (TPSA) is 57.7 Å². The Morgan fingerprint density at radius 3 is 2.12 bits per heavy atom. The largest absolute Gasteiger partial charge is 0.366 e. The second-order valence-corrected chi connectivity index (χ2v) is 8.04. The number of carbonyl (C=O) groups is 1. The summed E-state index contributed by atoms with van der Waals surface area (Å²) in [6, 6.07) is 12.5. The van der Waals surface area contributed by atoms with Gasteiger partial charge in [-0.25, -0.2) is 12.8 Å². The molecule has 0 aromatic heterocycles. The first-order valence-corrected chi connectivity index (χ1v) is 9.84. The van der Waals surface area contributed by atoms with Crippen molar-refractivity contribution in [1.29, 1.82) is 0 Å². The fraction of sp³-hybridized carbons (Fsp3) is 0.278. The first kappa shape index (κ1) is 17.4. The molecule has 0 radical (unpaired) electrons. The normalized spacial score (nSPS) is 15.3. The van der Waals surface area contributed by atoms with Crippen molar-refractivity contribution in [3.63, 3.8) is 0 Å². The number of halogens is 1. The summed E-state index contributed by atoms with van der Waals surface area (Å²) < 4.78 is 36.8. The van der Waals surface area contributed by atoms with Crippen molar-refractivity contribution in [3.8, 4) is 0 Å². The third-order valence-corrected chi connectivity index (χ3v) is 5.42. The van der Waals surface area contributed by atoms with E-state index in [1.165, 1.54) is 30.3 Å². The maximum atomic E-state index is 13.9. The quantitative estimate of drug-likeness (QED) is 0.840. The highest BCUT2D eigenvalue weighted by Crippen LogP contribution is 2.21. The number of piperazine rings is 1. The van der Waals surface area contributed by atoms with E-state index < -0.39 is 9.84 Å². The van der Waals surface area contributed by atoms with Gasteiger partial charge in [0.05, 0.1) is 10.6 Å². The SMILES string of the molecule is CS(=O)(=O)c1ccc(C(=O)N2CCN(c3ccccc3F)CC2)cc1. The van der Waals surface area contributed by atoms with Crippen molar-refractivity contribution < 1.29 is 17.6 Å². The van der Waals surface area contributed by atoms with E-state index in [9.17, 15) is 17.6 Å². The van der Waals surface area contributed by atoms with Gasteiger partial charge >= 0.3 is 0 Å². The molecular weight excluding hydrogens is 343 g/mol. The molecule has 1 aliphatic rings. The van der Waals surface area contributed by atoms with Gasteiger partial charge in [-0.2, -0.15) is 0 Å². The van der Waals surface area contributed by atoms with Crippen LogP contribution in [0, 0.1) is 5.82 Å². The summed E-state index contributed by atoms with van der Waals surface area (Å²) in [6.45, 7) is 2.07. The average molecular weight is 362 g/mol. The van der Waals surface area contributed by atoms with Crippen LogP contribution in [0.4, 0.5) is 10.1 Å². The number of sulfone groups is 1. The number of nitrogens with zero attached hydrogens (tertiary/aromatic N) is 2. The van der Waals surface area contributed by atoms with Crippen LogP contribution < -0.4 is 4.90 Å². The van der Waals surface area contributed by atoms with Crippen LogP contribution in [0.5, 0.6) is 0 Å². The third kappa shape index (κ3) is 3.82. The van der Waals surface area contributed by atoms with Crippen LogP contribution >= 0.6 is 0 Å². The summed E-state index contributed by atoms with van der Waals surface area (Å²) in [4.78, 5) is 16.4. The van der Waals surface area contributed by atoms with Crippen LogP contribution in [0.3, 0.4) is 0 Å². The monoisotopic (exact) mass is 362 g/mol. The van der Waals surface area contributed by atoms with Gasteiger partial charge in [-0.3, -0.25) is 4.79 Å². The molecule has 0 atom stereocenters. The molecule has 0 aliphatic carbocycles. The molecule has 25 heavy (non-hydrogen) atoms. The van der Waals surface area contributed by atoms with Crippen LogP contribution in [0.1, 0.15) is 10.4 Å². The van der Waals surface area contributed by atoms with Gasteiger partial charge in [0.2, 0.25) is 0 Å². The maximum absolute atomic E-state index is 13.9. The second kappa shape index (κ2) is 6.84. The molecule has 0 unspecified atom stereocenters. The number of hydrogen-bond donors (Lipinski definition) is 0. The van der Waals surface area contributed by atoms with Crippen LogP contribution in [0.25, 0.3) is 0 Å². The lowest BCUT2D eigenvalue weighted by atomic mass is 10.1. The van der Waals surface area contributed by atoms with Gasteiger partial charge in [0.25, 0.3) is 5.91 Å². The van der Waals surface area contributed by atoms with Gasteiger partial charge in [0.1, 0.15) is 5.82 Å². The maximum Gasteiger partial charge on any atom is 0.253 e. The van der Waals surface area contributed by atoms with Crippen LogP contribution in [-0.4, -0.2) is 51.7 Å². The van der Waals surface area contributed by atoms with Crippen molar-refractivity contribution in [2.24, 2.45) is 0 Å². The van der Waals surface area contributed by atoms with Crippen molar-refractivity contribution in [1.82, 2.24) is 4.90 Å². The molecule has 1 fully saturated rings. The minimum atomic E-state index is -3.28. The molecule has 2 aromatic rings. The summed E-state index contributed by atoms with van der Waals surface area (Å²) >= 11 is 0. The Labute approximate surface area is 146 Å². The van der Waals surface area contributed by atoms with E-state index in [2.05, 4.69) is 0 Å². The molecule has 1 saturated heterocycles. The van der Waals surface area contributed by atoms with E-state index >= 15 is 0 Å². The number of carbonyl (C=O) groups excluding carboxylic acids is 1. The van der Waals surface area contributed by atoms with E-state index in [0.717, 1.165) is 6.26 Å². The molecule has 0 saturated carbocycles. The number of hydrogen-bond acceptors (Lipinski definition) is 4. The summed E-state index contributed by atoms with van der Waals surface area (Å²) in [7, 11) is -3.28. The number of para-hydroxylation sites is 1. The number of anilines is 1. The molecule has 5 nitrogen and oxygen atoms in total. The van der Waals surface area contributed by atoms with Crippen molar-refractivity contribution >= 4 is 21.4 Å². The molecule has 7 heteroatoms.